The number of rotatable bonds is 8. The molecule has 1 amide bonds. The predicted octanol–water partition coefficient (Wildman–Crippen LogP) is 0.557. The van der Waals surface area contributed by atoms with Crippen LogP contribution in [0.2, 0.25) is 6.04 Å². The Bertz CT molecular complexity index is 198. The van der Waals surface area contributed by atoms with E-state index in [9.17, 15) is 4.79 Å². The van der Waals surface area contributed by atoms with Crippen LogP contribution in [0.3, 0.4) is 0 Å². The zero-order valence-corrected chi connectivity index (χ0v) is 10.5. The van der Waals surface area contributed by atoms with Crippen molar-refractivity contribution in [1.29, 1.82) is 0 Å². The first-order valence-corrected chi connectivity index (χ1v) is 6.63. The van der Waals surface area contributed by atoms with E-state index in [-0.39, 0.29) is 5.91 Å². The van der Waals surface area contributed by atoms with Crippen molar-refractivity contribution >= 4 is 14.7 Å². The van der Waals surface area contributed by atoms with Crippen molar-refractivity contribution in [2.24, 2.45) is 0 Å². The summed E-state index contributed by atoms with van der Waals surface area (Å²) in [6, 6.07) is 0.675. The summed E-state index contributed by atoms with van der Waals surface area (Å²) in [4.78, 5) is 10.8. The standard InChI is InChI=1S/C9H19NO4Si/c1-5-9(11)10-7-6-8-15(12-2,13-3)14-4/h5H,1,6-8H2,2-4H3,(H,10,11). The number of nitrogens with one attached hydrogen (secondary N) is 1. The molecule has 1 N–H and O–H groups in total. The van der Waals surface area contributed by atoms with Crippen LogP contribution in [0.5, 0.6) is 0 Å². The molecule has 0 atom stereocenters. The molecule has 0 aliphatic rings. The molecule has 0 aromatic heterocycles. The van der Waals surface area contributed by atoms with Gasteiger partial charge in [-0.2, -0.15) is 0 Å². The van der Waals surface area contributed by atoms with Crippen molar-refractivity contribution < 1.29 is 18.1 Å². The van der Waals surface area contributed by atoms with Gasteiger partial charge in [-0.3, -0.25) is 4.79 Å². The summed E-state index contributed by atoms with van der Waals surface area (Å²) in [5.74, 6) is -0.172. The molecule has 0 spiro atoms. The number of hydrogen-bond acceptors (Lipinski definition) is 4. The molecule has 0 heterocycles. The van der Waals surface area contributed by atoms with Crippen molar-refractivity contribution in [2.75, 3.05) is 27.9 Å². The van der Waals surface area contributed by atoms with Crippen LogP contribution >= 0.6 is 0 Å². The van der Waals surface area contributed by atoms with Gasteiger partial charge in [0.05, 0.1) is 0 Å². The summed E-state index contributed by atoms with van der Waals surface area (Å²) in [6.07, 6.45) is 2.00. The van der Waals surface area contributed by atoms with Gasteiger partial charge >= 0.3 is 8.80 Å². The maximum absolute atomic E-state index is 10.8. The first kappa shape index (κ1) is 14.3. The quantitative estimate of drug-likeness (QED) is 0.378. The first-order chi connectivity index (χ1) is 7.14. The zero-order chi connectivity index (χ0) is 11.7. The molecule has 0 bridgehead atoms. The highest BCUT2D eigenvalue weighted by Gasteiger charge is 2.36. The van der Waals surface area contributed by atoms with Crippen LogP contribution < -0.4 is 5.32 Å². The van der Waals surface area contributed by atoms with Crippen molar-refractivity contribution in [1.82, 2.24) is 5.32 Å². The molecule has 0 fully saturated rings. The Morgan fingerprint density at radius 1 is 1.33 bits per heavy atom. The van der Waals surface area contributed by atoms with E-state index in [4.69, 9.17) is 13.3 Å². The lowest BCUT2D eigenvalue weighted by atomic mass is 10.4. The summed E-state index contributed by atoms with van der Waals surface area (Å²) in [5.41, 5.74) is 0. The Morgan fingerprint density at radius 3 is 2.27 bits per heavy atom. The smallest absolute Gasteiger partial charge is 0.377 e. The van der Waals surface area contributed by atoms with Gasteiger partial charge in [0.15, 0.2) is 0 Å². The monoisotopic (exact) mass is 233 g/mol. The van der Waals surface area contributed by atoms with Crippen LogP contribution in [0.4, 0.5) is 0 Å². The minimum atomic E-state index is -2.48. The van der Waals surface area contributed by atoms with Crippen molar-refractivity contribution in [3.63, 3.8) is 0 Å². The highest BCUT2D eigenvalue weighted by atomic mass is 28.4. The minimum absolute atomic E-state index is 0.172. The lowest BCUT2D eigenvalue weighted by Crippen LogP contribution is -2.43. The molecule has 15 heavy (non-hydrogen) atoms. The minimum Gasteiger partial charge on any atom is -0.377 e. The molecule has 0 aliphatic carbocycles. The molecule has 0 aromatic carbocycles. The normalized spacial score (nSPS) is 11.1. The van der Waals surface area contributed by atoms with Gasteiger partial charge in [-0.05, 0) is 12.5 Å². The molecule has 0 saturated heterocycles. The van der Waals surface area contributed by atoms with Crippen molar-refractivity contribution in [3.05, 3.63) is 12.7 Å². The van der Waals surface area contributed by atoms with Crippen LogP contribution in [0.15, 0.2) is 12.7 Å². The number of amides is 1. The van der Waals surface area contributed by atoms with Crippen LogP contribution in [0, 0.1) is 0 Å². The lowest BCUT2D eigenvalue weighted by molar-refractivity contribution is -0.116. The van der Waals surface area contributed by atoms with E-state index in [2.05, 4.69) is 11.9 Å². The molecule has 0 aliphatic heterocycles. The van der Waals surface area contributed by atoms with Gasteiger partial charge in [-0.1, -0.05) is 6.58 Å². The first-order valence-electron chi connectivity index (χ1n) is 4.70. The maximum Gasteiger partial charge on any atom is 0.500 e. The SMILES string of the molecule is C=CC(=O)NCCC[Si](OC)(OC)OC. The third kappa shape index (κ3) is 5.08. The van der Waals surface area contributed by atoms with E-state index in [1.165, 1.54) is 6.08 Å². The van der Waals surface area contributed by atoms with Gasteiger partial charge in [0.1, 0.15) is 0 Å². The second-order valence-corrected chi connectivity index (χ2v) is 5.98. The Balaban J connectivity index is 3.81. The molecular weight excluding hydrogens is 214 g/mol. The lowest BCUT2D eigenvalue weighted by Gasteiger charge is -2.24. The second-order valence-electron chi connectivity index (χ2n) is 2.89. The topological polar surface area (TPSA) is 56.8 Å². The van der Waals surface area contributed by atoms with Crippen LogP contribution in [0.25, 0.3) is 0 Å². The Hall–Kier alpha value is -0.693. The van der Waals surface area contributed by atoms with Crippen LogP contribution in [0.1, 0.15) is 6.42 Å². The summed E-state index contributed by atoms with van der Waals surface area (Å²) in [5, 5.41) is 2.68. The molecule has 5 nitrogen and oxygen atoms in total. The highest BCUT2D eigenvalue weighted by Crippen LogP contribution is 2.14. The second kappa shape index (κ2) is 7.58. The highest BCUT2D eigenvalue weighted by molar-refractivity contribution is 6.60. The molecule has 0 radical (unpaired) electrons. The summed E-state index contributed by atoms with van der Waals surface area (Å²) in [7, 11) is 2.24. The molecule has 0 rings (SSSR count). The van der Waals surface area contributed by atoms with Gasteiger partial charge in [-0.15, -0.1) is 0 Å². The van der Waals surface area contributed by atoms with E-state index in [0.29, 0.717) is 12.6 Å². The number of carbonyl (C=O) groups excluding carboxylic acids is 1. The fourth-order valence-corrected chi connectivity index (χ4v) is 2.87. The van der Waals surface area contributed by atoms with Gasteiger partial charge in [-0.25, -0.2) is 0 Å². The predicted molar refractivity (Wildman–Crippen MR) is 59.4 cm³/mol. The Labute approximate surface area is 91.8 Å². The number of hydrogen-bond donors (Lipinski definition) is 1. The van der Waals surface area contributed by atoms with E-state index in [1.54, 1.807) is 21.3 Å². The largest absolute Gasteiger partial charge is 0.500 e. The maximum atomic E-state index is 10.8. The molecule has 0 aromatic rings. The average Bonchev–Trinajstić information content (AvgIpc) is 2.30. The van der Waals surface area contributed by atoms with Gasteiger partial charge in [0.2, 0.25) is 5.91 Å². The average molecular weight is 233 g/mol. The van der Waals surface area contributed by atoms with E-state index < -0.39 is 8.80 Å². The van der Waals surface area contributed by atoms with Gasteiger partial charge in [0, 0.05) is 33.9 Å². The van der Waals surface area contributed by atoms with Gasteiger partial charge < -0.3 is 18.6 Å². The zero-order valence-electron chi connectivity index (χ0n) is 9.54. The summed E-state index contributed by atoms with van der Waals surface area (Å²) >= 11 is 0. The Kier molecular flexibility index (Phi) is 7.23. The molecule has 88 valence electrons. The molecule has 0 unspecified atom stereocenters. The number of carbonyl (C=O) groups is 1. The van der Waals surface area contributed by atoms with Crippen molar-refractivity contribution in [2.45, 2.75) is 12.5 Å². The Morgan fingerprint density at radius 2 is 1.87 bits per heavy atom. The van der Waals surface area contributed by atoms with E-state index in [0.717, 1.165) is 6.42 Å². The third-order valence-electron chi connectivity index (χ3n) is 2.08. The molecular formula is C9H19NO4Si. The van der Waals surface area contributed by atoms with Crippen molar-refractivity contribution in [3.8, 4) is 0 Å². The van der Waals surface area contributed by atoms with E-state index in [1.807, 2.05) is 0 Å². The summed E-state index contributed by atoms with van der Waals surface area (Å²) in [6.45, 7) is 3.92. The van der Waals surface area contributed by atoms with Crippen LogP contribution in [-0.2, 0) is 18.1 Å². The third-order valence-corrected chi connectivity index (χ3v) is 4.91. The van der Waals surface area contributed by atoms with E-state index >= 15 is 0 Å². The molecule has 0 saturated carbocycles. The summed E-state index contributed by atoms with van der Waals surface area (Å²) < 4.78 is 15.7. The fraction of sp³-hybridized carbons (Fsp3) is 0.667. The van der Waals surface area contributed by atoms with Gasteiger partial charge in [0.25, 0.3) is 0 Å². The fourth-order valence-electron chi connectivity index (χ4n) is 1.14. The molecule has 6 heteroatoms. The van der Waals surface area contributed by atoms with Crippen LogP contribution in [-0.4, -0.2) is 42.6 Å².